The topological polar surface area (TPSA) is 137 Å². The molecule has 0 aliphatic heterocycles. The van der Waals surface area contributed by atoms with Crippen LogP contribution in [-0.4, -0.2) is 171 Å². The molecular weight excluding hydrogens is 620 g/mol. The third kappa shape index (κ3) is 42.7. The monoisotopic (exact) mass is 684 g/mol. The number of rotatable bonds is 42. The second-order valence-corrected chi connectivity index (χ2v) is 9.78. The zero-order valence-corrected chi connectivity index (χ0v) is 29.0. The van der Waals surface area contributed by atoms with Gasteiger partial charge in [0.05, 0.1) is 152 Å². The lowest BCUT2D eigenvalue weighted by molar-refractivity contribution is -0.139. The van der Waals surface area contributed by atoms with Gasteiger partial charge in [-0.05, 0) is 6.42 Å². The van der Waals surface area contributed by atoms with Crippen molar-refractivity contribution in [2.24, 2.45) is 0 Å². The summed E-state index contributed by atoms with van der Waals surface area (Å²) in [5.41, 5.74) is 0. The van der Waals surface area contributed by atoms with E-state index in [1.165, 1.54) is 19.3 Å². The highest BCUT2D eigenvalue weighted by molar-refractivity contribution is 5.81. The highest BCUT2D eigenvalue weighted by Crippen LogP contribution is 1.98. The molecule has 0 atom stereocenters. The Bertz CT molecular complexity index is 614. The van der Waals surface area contributed by atoms with Crippen molar-refractivity contribution in [1.29, 1.82) is 0 Å². The summed E-state index contributed by atoms with van der Waals surface area (Å²) < 4.78 is 70.2. The fraction of sp³-hybridized carbons (Fsp3) is 0.909. The Balaban J connectivity index is 3.05. The van der Waals surface area contributed by atoms with E-state index in [4.69, 9.17) is 61.6 Å². The van der Waals surface area contributed by atoms with Gasteiger partial charge in [0.2, 0.25) is 0 Å². The second kappa shape index (κ2) is 42.8. The fourth-order valence-electron chi connectivity index (χ4n) is 3.41. The molecule has 0 saturated heterocycles. The maximum absolute atomic E-state index is 10.8. The first-order valence-corrected chi connectivity index (χ1v) is 17.0. The van der Waals surface area contributed by atoms with Crippen molar-refractivity contribution in [3.8, 4) is 0 Å². The molecule has 0 aliphatic rings. The van der Waals surface area contributed by atoms with E-state index >= 15 is 0 Å². The molecular formula is C33H64O14. The minimum absolute atomic E-state index is 0.198. The summed E-state index contributed by atoms with van der Waals surface area (Å²) in [5.74, 6) is -0.459. The Morgan fingerprint density at radius 3 is 0.830 bits per heavy atom. The van der Waals surface area contributed by atoms with Gasteiger partial charge in [0.15, 0.2) is 0 Å². The van der Waals surface area contributed by atoms with Crippen LogP contribution in [0.2, 0.25) is 0 Å². The van der Waals surface area contributed by atoms with Gasteiger partial charge in [0.25, 0.3) is 0 Å². The van der Waals surface area contributed by atoms with E-state index in [-0.39, 0.29) is 6.61 Å². The molecule has 47 heavy (non-hydrogen) atoms. The van der Waals surface area contributed by atoms with Crippen LogP contribution >= 0.6 is 0 Å². The third-order valence-corrected chi connectivity index (χ3v) is 5.87. The molecule has 14 nitrogen and oxygen atoms in total. The van der Waals surface area contributed by atoms with Gasteiger partial charge in [0, 0.05) is 12.7 Å². The molecule has 14 heteroatoms. The van der Waals surface area contributed by atoms with Crippen molar-refractivity contribution < 1.29 is 66.4 Å². The minimum atomic E-state index is -0.459. The molecule has 0 rings (SSSR count). The van der Waals surface area contributed by atoms with Crippen LogP contribution in [0.25, 0.3) is 0 Å². The largest absolute Gasteiger partial charge is 0.460 e. The maximum Gasteiger partial charge on any atom is 0.330 e. The van der Waals surface area contributed by atoms with Crippen LogP contribution in [0.5, 0.6) is 0 Å². The van der Waals surface area contributed by atoms with Crippen molar-refractivity contribution in [2.75, 3.05) is 165 Å². The lowest BCUT2D eigenvalue weighted by Gasteiger charge is -2.09. The Kier molecular flexibility index (Phi) is 41.6. The molecule has 0 heterocycles. The first kappa shape index (κ1) is 45.7. The number of hydrogen-bond donors (Lipinski definition) is 0. The number of unbranched alkanes of at least 4 members (excludes halogenated alkanes) is 3. The smallest absolute Gasteiger partial charge is 0.330 e. The normalized spacial score (nSPS) is 11.3. The van der Waals surface area contributed by atoms with E-state index in [9.17, 15) is 4.79 Å². The maximum atomic E-state index is 10.8. The summed E-state index contributed by atoms with van der Waals surface area (Å²) in [5, 5.41) is 0. The van der Waals surface area contributed by atoms with Gasteiger partial charge in [-0.2, -0.15) is 0 Å². The van der Waals surface area contributed by atoms with Crippen LogP contribution in [0.1, 0.15) is 32.6 Å². The Labute approximate surface area is 282 Å². The van der Waals surface area contributed by atoms with Crippen LogP contribution in [0.15, 0.2) is 12.7 Å². The first-order valence-electron chi connectivity index (χ1n) is 17.0. The second-order valence-electron chi connectivity index (χ2n) is 9.78. The van der Waals surface area contributed by atoms with E-state index in [0.29, 0.717) is 152 Å². The highest BCUT2D eigenvalue weighted by Gasteiger charge is 1.98. The predicted octanol–water partition coefficient (Wildman–Crippen LogP) is 2.50. The predicted molar refractivity (Wildman–Crippen MR) is 175 cm³/mol. The third-order valence-electron chi connectivity index (χ3n) is 5.87. The van der Waals surface area contributed by atoms with E-state index in [2.05, 4.69) is 13.5 Å². The summed E-state index contributed by atoms with van der Waals surface area (Å²) in [6.07, 6.45) is 6.00. The molecule has 280 valence electrons. The molecule has 0 N–H and O–H groups in total. The zero-order valence-electron chi connectivity index (χ0n) is 29.0. The molecule has 0 aliphatic carbocycles. The summed E-state index contributed by atoms with van der Waals surface area (Å²) in [7, 11) is 0. The van der Waals surface area contributed by atoms with E-state index in [1.807, 2.05) is 0 Å². The van der Waals surface area contributed by atoms with Gasteiger partial charge in [-0.1, -0.05) is 32.8 Å². The van der Waals surface area contributed by atoms with Crippen molar-refractivity contribution in [1.82, 2.24) is 0 Å². The average molecular weight is 685 g/mol. The molecule has 0 saturated carbocycles. The standard InChI is InChI=1S/C33H64O14/c1-3-5-6-7-8-35-9-10-36-11-12-37-13-14-38-15-16-39-17-18-40-19-20-41-21-22-42-23-24-43-25-26-44-27-28-45-29-30-46-31-32-47-33(34)4-2/h4H,2-3,5-32H2,1H3. The van der Waals surface area contributed by atoms with Crippen molar-refractivity contribution in [3.63, 3.8) is 0 Å². The van der Waals surface area contributed by atoms with Gasteiger partial charge < -0.3 is 61.6 Å². The summed E-state index contributed by atoms with van der Waals surface area (Å²) in [6, 6.07) is 0. The van der Waals surface area contributed by atoms with E-state index < -0.39 is 5.97 Å². The SMILES string of the molecule is C=CC(=O)OCCOCCOCCOCCOCCOCCOCCOCCOCCOCCOCCOCCOCCCCCC. The molecule has 0 aromatic rings. The molecule has 0 aromatic heterocycles. The number of hydrogen-bond acceptors (Lipinski definition) is 14. The zero-order chi connectivity index (χ0) is 34.0. The highest BCUT2D eigenvalue weighted by atomic mass is 16.6. The van der Waals surface area contributed by atoms with Gasteiger partial charge >= 0.3 is 5.97 Å². The molecule has 0 radical (unpaired) electrons. The quantitative estimate of drug-likeness (QED) is 0.0529. The number of carbonyl (C=O) groups excluding carboxylic acids is 1. The fourth-order valence-corrected chi connectivity index (χ4v) is 3.41. The van der Waals surface area contributed by atoms with E-state index in [0.717, 1.165) is 19.1 Å². The average Bonchev–Trinajstić information content (AvgIpc) is 3.08. The van der Waals surface area contributed by atoms with Crippen LogP contribution in [0.4, 0.5) is 0 Å². The first-order chi connectivity index (χ1) is 23.3. The molecule has 0 amide bonds. The molecule has 0 bridgehead atoms. The number of carbonyl (C=O) groups is 1. The van der Waals surface area contributed by atoms with Crippen molar-refractivity contribution in [2.45, 2.75) is 32.6 Å². The lowest BCUT2D eigenvalue weighted by Crippen LogP contribution is -2.15. The van der Waals surface area contributed by atoms with Gasteiger partial charge in [0.1, 0.15) is 6.61 Å². The number of ether oxygens (including phenoxy) is 13. The summed E-state index contributed by atoms with van der Waals surface area (Å²) >= 11 is 0. The lowest BCUT2D eigenvalue weighted by atomic mass is 10.2. The summed E-state index contributed by atoms with van der Waals surface area (Å²) in [4.78, 5) is 10.8. The van der Waals surface area contributed by atoms with Gasteiger partial charge in [-0.15, -0.1) is 0 Å². The van der Waals surface area contributed by atoms with Crippen LogP contribution < -0.4 is 0 Å². The van der Waals surface area contributed by atoms with Gasteiger partial charge in [-0.25, -0.2) is 4.79 Å². The van der Waals surface area contributed by atoms with E-state index in [1.54, 1.807) is 0 Å². The summed E-state index contributed by atoms with van der Waals surface area (Å²) in [6.45, 7) is 18.1. The molecule has 0 fully saturated rings. The minimum Gasteiger partial charge on any atom is -0.460 e. The Morgan fingerprint density at radius 1 is 0.362 bits per heavy atom. The van der Waals surface area contributed by atoms with Gasteiger partial charge in [-0.3, -0.25) is 0 Å². The van der Waals surface area contributed by atoms with Crippen molar-refractivity contribution in [3.05, 3.63) is 12.7 Å². The Hall–Kier alpha value is -1.27. The van der Waals surface area contributed by atoms with Crippen LogP contribution in [-0.2, 0) is 66.4 Å². The van der Waals surface area contributed by atoms with Crippen LogP contribution in [0, 0.1) is 0 Å². The Morgan fingerprint density at radius 2 is 0.596 bits per heavy atom. The molecule has 0 spiro atoms. The number of esters is 1. The molecule has 0 unspecified atom stereocenters. The van der Waals surface area contributed by atoms with Crippen molar-refractivity contribution >= 4 is 5.97 Å². The van der Waals surface area contributed by atoms with Crippen LogP contribution in [0.3, 0.4) is 0 Å². The molecule has 0 aromatic carbocycles.